The van der Waals surface area contributed by atoms with Gasteiger partial charge in [0.1, 0.15) is 0 Å². The topological polar surface area (TPSA) is 87.2 Å². The molecule has 0 aliphatic heterocycles. The molecule has 0 aliphatic carbocycles. The van der Waals surface area contributed by atoms with Crippen LogP contribution in [0.15, 0.2) is 24.3 Å². The molecule has 2 aromatic heterocycles. The lowest BCUT2D eigenvalue weighted by Crippen LogP contribution is -2.26. The third-order valence-electron chi connectivity index (χ3n) is 4.63. The van der Waals surface area contributed by atoms with Crippen LogP contribution in [0.25, 0.3) is 5.78 Å². The van der Waals surface area contributed by atoms with Gasteiger partial charge in [-0.2, -0.15) is 23.4 Å². The Bertz CT molecular complexity index is 1130. The molecule has 0 N–H and O–H groups in total. The van der Waals surface area contributed by atoms with Crippen molar-refractivity contribution in [1.29, 1.82) is 5.26 Å². The normalized spacial score (nSPS) is 11.5. The minimum atomic E-state index is -4.66. The molecule has 7 nitrogen and oxygen atoms in total. The van der Waals surface area contributed by atoms with E-state index in [1.807, 2.05) is 6.07 Å². The summed E-state index contributed by atoms with van der Waals surface area (Å²) in [6, 6.07) is 8.68. The number of nitriles is 1. The van der Waals surface area contributed by atoms with E-state index >= 15 is 0 Å². The molecule has 0 bridgehead atoms. The number of amides is 1. The first-order chi connectivity index (χ1) is 13.6. The number of fused-ring (bicyclic) bond motifs is 1. The van der Waals surface area contributed by atoms with E-state index in [9.17, 15) is 18.0 Å². The molecule has 2 heterocycles. The molecule has 0 fully saturated rings. The second-order valence-electron chi connectivity index (χ2n) is 6.52. The van der Waals surface area contributed by atoms with E-state index in [-0.39, 0.29) is 24.5 Å². The quantitative estimate of drug-likeness (QED) is 0.669. The van der Waals surface area contributed by atoms with E-state index in [4.69, 9.17) is 5.26 Å². The summed E-state index contributed by atoms with van der Waals surface area (Å²) >= 11 is 0. The van der Waals surface area contributed by atoms with Crippen LogP contribution in [0.2, 0.25) is 0 Å². The maximum Gasteiger partial charge on any atom is 0.453 e. The molecule has 0 spiro atoms. The van der Waals surface area contributed by atoms with Gasteiger partial charge in [0.15, 0.2) is 0 Å². The molecule has 3 rings (SSSR count). The molecule has 0 atom stereocenters. The number of aromatic nitrogens is 4. The second-order valence-corrected chi connectivity index (χ2v) is 6.52. The summed E-state index contributed by atoms with van der Waals surface area (Å²) in [7, 11) is 1.60. The largest absolute Gasteiger partial charge is 0.453 e. The summed E-state index contributed by atoms with van der Waals surface area (Å²) in [5.41, 5.74) is 2.62. The molecular weight excluding hydrogens is 385 g/mol. The summed E-state index contributed by atoms with van der Waals surface area (Å²) in [4.78, 5) is 21.6. The average Bonchev–Trinajstić information content (AvgIpc) is 3.11. The lowest BCUT2D eigenvalue weighted by molar-refractivity contribution is -0.144. The van der Waals surface area contributed by atoms with E-state index in [1.165, 1.54) is 4.90 Å². The van der Waals surface area contributed by atoms with Crippen molar-refractivity contribution in [2.75, 3.05) is 11.9 Å². The van der Waals surface area contributed by atoms with Crippen LogP contribution in [0.3, 0.4) is 0 Å². The van der Waals surface area contributed by atoms with Gasteiger partial charge in [-0.25, -0.2) is 9.50 Å². The predicted molar refractivity (Wildman–Crippen MR) is 98.1 cm³/mol. The Labute approximate surface area is 164 Å². The van der Waals surface area contributed by atoms with Crippen LogP contribution in [0.1, 0.15) is 34.8 Å². The number of alkyl halides is 3. The number of benzene rings is 1. The molecule has 1 amide bonds. The van der Waals surface area contributed by atoms with Gasteiger partial charge >= 0.3 is 6.18 Å². The Morgan fingerprint density at radius 3 is 2.66 bits per heavy atom. The van der Waals surface area contributed by atoms with Gasteiger partial charge in [0.2, 0.25) is 5.91 Å². The van der Waals surface area contributed by atoms with Gasteiger partial charge in [-0.3, -0.25) is 4.79 Å². The van der Waals surface area contributed by atoms with Gasteiger partial charge in [-0.15, -0.1) is 5.10 Å². The van der Waals surface area contributed by atoms with Gasteiger partial charge in [0, 0.05) is 30.5 Å². The lowest BCUT2D eigenvalue weighted by atomic mass is 10.1. The van der Waals surface area contributed by atoms with Crippen molar-refractivity contribution < 1.29 is 18.0 Å². The maximum atomic E-state index is 12.9. The van der Waals surface area contributed by atoms with Crippen LogP contribution < -0.4 is 4.90 Å². The van der Waals surface area contributed by atoms with Gasteiger partial charge in [0.25, 0.3) is 11.6 Å². The fraction of sp³-hybridized carbons (Fsp3) is 0.316. The zero-order valence-corrected chi connectivity index (χ0v) is 15.9. The molecule has 0 saturated heterocycles. The number of carbonyl (C=O) groups is 1. The van der Waals surface area contributed by atoms with Crippen LogP contribution in [0.4, 0.5) is 18.9 Å². The molecular formula is C19H17F3N6O. The van der Waals surface area contributed by atoms with Crippen molar-refractivity contribution in [1.82, 2.24) is 19.6 Å². The highest BCUT2D eigenvalue weighted by atomic mass is 19.4. The summed E-state index contributed by atoms with van der Waals surface area (Å²) in [5.74, 6) is -1.58. The molecule has 150 valence electrons. The third-order valence-corrected chi connectivity index (χ3v) is 4.63. The van der Waals surface area contributed by atoms with Crippen molar-refractivity contribution >= 4 is 17.4 Å². The molecule has 10 heteroatoms. The molecule has 29 heavy (non-hydrogen) atoms. The van der Waals surface area contributed by atoms with Crippen LogP contribution in [0.5, 0.6) is 0 Å². The van der Waals surface area contributed by atoms with Crippen LogP contribution >= 0.6 is 0 Å². The molecule has 0 radical (unpaired) electrons. The third kappa shape index (κ3) is 4.03. The number of carbonyl (C=O) groups excluding carboxylic acids is 1. The highest BCUT2D eigenvalue weighted by Gasteiger charge is 2.37. The first-order valence-electron chi connectivity index (χ1n) is 8.68. The average molecular weight is 402 g/mol. The van der Waals surface area contributed by atoms with Crippen LogP contribution in [-0.4, -0.2) is 32.5 Å². The Balaban J connectivity index is 1.82. The van der Waals surface area contributed by atoms with Gasteiger partial charge < -0.3 is 4.90 Å². The maximum absolute atomic E-state index is 12.9. The first-order valence-corrected chi connectivity index (χ1v) is 8.68. The standard InChI is InChI=1S/C19H17F3N6O/c1-11-15(12(2)28-18(24-11)25-17(26-28)19(20,21)22)7-8-16(29)27(3)14-6-4-5-13(9-14)10-23/h4-6,9H,7-8H2,1-3H3. The number of hydrogen-bond donors (Lipinski definition) is 0. The summed E-state index contributed by atoms with van der Waals surface area (Å²) < 4.78 is 39.7. The fourth-order valence-electron chi connectivity index (χ4n) is 3.02. The summed E-state index contributed by atoms with van der Waals surface area (Å²) in [6.45, 7) is 3.28. The number of halogens is 3. The molecule has 0 unspecified atom stereocenters. The van der Waals surface area contributed by atoms with Crippen molar-refractivity contribution in [2.45, 2.75) is 32.9 Å². The van der Waals surface area contributed by atoms with Crippen LogP contribution in [0, 0.1) is 25.2 Å². The smallest absolute Gasteiger partial charge is 0.315 e. The molecule has 0 saturated carbocycles. The zero-order valence-electron chi connectivity index (χ0n) is 15.9. The first kappa shape index (κ1) is 20.3. The highest BCUT2D eigenvalue weighted by molar-refractivity contribution is 5.93. The van der Waals surface area contributed by atoms with Crippen molar-refractivity contribution in [3.63, 3.8) is 0 Å². The lowest BCUT2D eigenvalue weighted by Gasteiger charge is -2.18. The summed E-state index contributed by atoms with van der Waals surface area (Å²) in [6.07, 6.45) is -4.27. The molecule has 1 aromatic carbocycles. The SMILES string of the molecule is Cc1nc2nc(C(F)(F)F)nn2c(C)c1CCC(=O)N(C)c1cccc(C#N)c1. The predicted octanol–water partition coefficient (Wildman–Crippen LogP) is 3.23. The Kier molecular flexibility index (Phi) is 5.24. The summed E-state index contributed by atoms with van der Waals surface area (Å²) in [5, 5.41) is 12.5. The van der Waals surface area contributed by atoms with Gasteiger partial charge in [-0.05, 0) is 44.0 Å². The Morgan fingerprint density at radius 2 is 2.00 bits per heavy atom. The number of aryl methyl sites for hydroxylation is 2. The van der Waals surface area contributed by atoms with Gasteiger partial charge in [0.05, 0.1) is 11.6 Å². The van der Waals surface area contributed by atoms with Gasteiger partial charge in [-0.1, -0.05) is 6.07 Å². The Hall–Kier alpha value is -3.48. The van der Waals surface area contributed by atoms with Crippen molar-refractivity contribution in [3.8, 4) is 6.07 Å². The van der Waals surface area contributed by atoms with E-state index in [1.54, 1.807) is 45.2 Å². The highest BCUT2D eigenvalue weighted by Crippen LogP contribution is 2.27. The number of rotatable bonds is 4. The van der Waals surface area contributed by atoms with Crippen LogP contribution in [-0.2, 0) is 17.4 Å². The fourth-order valence-corrected chi connectivity index (χ4v) is 3.02. The minimum absolute atomic E-state index is 0.114. The monoisotopic (exact) mass is 402 g/mol. The van der Waals surface area contributed by atoms with E-state index in [2.05, 4.69) is 15.1 Å². The van der Waals surface area contributed by atoms with Crippen molar-refractivity contribution in [2.24, 2.45) is 0 Å². The second kappa shape index (κ2) is 7.50. The Morgan fingerprint density at radius 1 is 1.28 bits per heavy atom. The zero-order chi connectivity index (χ0) is 21.3. The number of nitrogens with zero attached hydrogens (tertiary/aromatic N) is 6. The van der Waals surface area contributed by atoms with E-state index in [0.29, 0.717) is 28.2 Å². The number of hydrogen-bond acceptors (Lipinski definition) is 5. The molecule has 0 aliphatic rings. The van der Waals surface area contributed by atoms with E-state index < -0.39 is 12.0 Å². The number of anilines is 1. The van der Waals surface area contributed by atoms with Crippen molar-refractivity contribution in [3.05, 3.63) is 52.6 Å². The molecule has 3 aromatic rings. The minimum Gasteiger partial charge on any atom is -0.315 e. The van der Waals surface area contributed by atoms with E-state index in [0.717, 1.165) is 4.52 Å².